The van der Waals surface area contributed by atoms with Crippen molar-refractivity contribution >= 4 is 33.2 Å². The Bertz CT molecular complexity index is 789. The second kappa shape index (κ2) is 5.95. The van der Waals surface area contributed by atoms with E-state index in [-0.39, 0.29) is 17.3 Å². The molecule has 6 nitrogen and oxygen atoms in total. The summed E-state index contributed by atoms with van der Waals surface area (Å²) < 4.78 is 2.09. The Morgan fingerprint density at radius 2 is 2.10 bits per heavy atom. The lowest BCUT2D eigenvalue weighted by Gasteiger charge is -2.12. The van der Waals surface area contributed by atoms with Crippen molar-refractivity contribution in [3.05, 3.63) is 65.2 Å². The van der Waals surface area contributed by atoms with E-state index in [1.54, 1.807) is 26.0 Å². The molecule has 0 saturated carbocycles. The van der Waals surface area contributed by atoms with Crippen LogP contribution in [0.15, 0.2) is 27.5 Å². The quantitative estimate of drug-likeness (QED) is 0.612. The molecule has 0 aliphatic carbocycles. The third kappa shape index (κ3) is 3.14. The second-order valence-electron chi connectivity index (χ2n) is 4.50. The van der Waals surface area contributed by atoms with E-state index >= 15 is 0 Å². The van der Waals surface area contributed by atoms with Crippen LogP contribution < -0.4 is 5.69 Å². The Balaban J connectivity index is 2.56. The predicted octanol–water partition coefficient (Wildman–Crippen LogP) is 3.23. The van der Waals surface area contributed by atoms with Gasteiger partial charge >= 0.3 is 5.69 Å². The van der Waals surface area contributed by atoms with Gasteiger partial charge in [-0.25, -0.2) is 4.79 Å². The lowest BCUT2D eigenvalue weighted by Crippen LogP contribution is -2.27. The minimum absolute atomic E-state index is 0.0596. The van der Waals surface area contributed by atoms with Gasteiger partial charge in [0.1, 0.15) is 0 Å². The van der Waals surface area contributed by atoms with Crippen LogP contribution in [0, 0.1) is 24.0 Å². The first-order valence-electron chi connectivity index (χ1n) is 5.97. The van der Waals surface area contributed by atoms with Gasteiger partial charge < -0.3 is 0 Å². The molecule has 0 amide bonds. The van der Waals surface area contributed by atoms with Gasteiger partial charge in [0.15, 0.2) is 0 Å². The number of hydrogen-bond donors (Lipinski definition) is 0. The van der Waals surface area contributed by atoms with E-state index < -0.39 is 10.6 Å². The first kappa shape index (κ1) is 15.7. The molecular formula is C13H11BrClN3O3. The maximum absolute atomic E-state index is 12.0. The highest BCUT2D eigenvalue weighted by atomic mass is 79.9. The van der Waals surface area contributed by atoms with Crippen molar-refractivity contribution in [3.8, 4) is 0 Å². The van der Waals surface area contributed by atoms with Crippen LogP contribution >= 0.6 is 27.5 Å². The molecule has 0 atom stereocenters. The van der Waals surface area contributed by atoms with Crippen LogP contribution in [-0.2, 0) is 6.54 Å². The van der Waals surface area contributed by atoms with E-state index in [0.29, 0.717) is 21.4 Å². The highest BCUT2D eigenvalue weighted by Crippen LogP contribution is 2.25. The third-order valence-electron chi connectivity index (χ3n) is 3.11. The fourth-order valence-corrected chi connectivity index (χ4v) is 2.44. The molecule has 1 aromatic heterocycles. The number of aromatic nitrogens is 2. The summed E-state index contributed by atoms with van der Waals surface area (Å²) in [6.45, 7) is 3.53. The van der Waals surface area contributed by atoms with E-state index in [1.165, 1.54) is 10.6 Å². The number of halogens is 2. The number of nitro groups is 1. The van der Waals surface area contributed by atoms with Gasteiger partial charge in [-0.3, -0.25) is 14.7 Å². The lowest BCUT2D eigenvalue weighted by molar-refractivity contribution is -0.385. The topological polar surface area (TPSA) is 78.0 Å². The molecule has 0 fully saturated rings. The SMILES string of the molecule is Cc1nc(=O)n(Cc2ccc(Cl)cc2[N+](=O)[O-])c(C)c1Br. The fraction of sp³-hybridized carbons (Fsp3) is 0.231. The standard InChI is InChI=1S/C13H11BrClN3O3/c1-7-12(14)8(2)17(13(19)16-7)6-9-3-4-10(15)5-11(9)18(20)21/h3-5H,6H2,1-2H3. The molecule has 0 spiro atoms. The first-order chi connectivity index (χ1) is 9.81. The Labute approximate surface area is 133 Å². The van der Waals surface area contributed by atoms with E-state index in [2.05, 4.69) is 20.9 Å². The van der Waals surface area contributed by atoms with Gasteiger partial charge in [-0.15, -0.1) is 0 Å². The van der Waals surface area contributed by atoms with Crippen molar-refractivity contribution < 1.29 is 4.92 Å². The molecule has 0 aliphatic rings. The molecule has 0 radical (unpaired) electrons. The third-order valence-corrected chi connectivity index (χ3v) is 4.49. The van der Waals surface area contributed by atoms with E-state index in [1.807, 2.05) is 0 Å². The average molecular weight is 373 g/mol. The summed E-state index contributed by atoms with van der Waals surface area (Å²) in [5, 5.41) is 11.4. The summed E-state index contributed by atoms with van der Waals surface area (Å²) in [5.41, 5.74) is 1.08. The smallest absolute Gasteiger partial charge is 0.291 e. The van der Waals surface area contributed by atoms with E-state index in [0.717, 1.165) is 0 Å². The van der Waals surface area contributed by atoms with Crippen molar-refractivity contribution in [2.75, 3.05) is 0 Å². The molecule has 0 N–H and O–H groups in total. The Kier molecular flexibility index (Phi) is 4.43. The van der Waals surface area contributed by atoms with Crippen molar-refractivity contribution in [2.45, 2.75) is 20.4 Å². The lowest BCUT2D eigenvalue weighted by atomic mass is 10.1. The minimum Gasteiger partial charge on any atom is -0.291 e. The van der Waals surface area contributed by atoms with Crippen LogP contribution in [0.4, 0.5) is 5.69 Å². The summed E-state index contributed by atoms with van der Waals surface area (Å²) in [6, 6.07) is 4.37. The molecule has 21 heavy (non-hydrogen) atoms. The molecule has 0 aliphatic heterocycles. The molecular weight excluding hydrogens is 362 g/mol. The molecule has 2 rings (SSSR count). The number of aryl methyl sites for hydroxylation is 1. The van der Waals surface area contributed by atoms with Crippen LogP contribution in [0.1, 0.15) is 17.0 Å². The summed E-state index contributed by atoms with van der Waals surface area (Å²) in [6.07, 6.45) is 0. The molecule has 0 bridgehead atoms. The summed E-state index contributed by atoms with van der Waals surface area (Å²) in [5.74, 6) is 0. The van der Waals surface area contributed by atoms with Crippen molar-refractivity contribution in [2.24, 2.45) is 0 Å². The number of hydrogen-bond acceptors (Lipinski definition) is 4. The van der Waals surface area contributed by atoms with Crippen LogP contribution in [0.2, 0.25) is 5.02 Å². The Hall–Kier alpha value is -1.73. The van der Waals surface area contributed by atoms with Crippen molar-refractivity contribution in [1.82, 2.24) is 9.55 Å². The Morgan fingerprint density at radius 3 is 2.71 bits per heavy atom. The largest absolute Gasteiger partial charge is 0.348 e. The zero-order valence-electron chi connectivity index (χ0n) is 11.3. The van der Waals surface area contributed by atoms with Crippen molar-refractivity contribution in [3.63, 3.8) is 0 Å². The average Bonchev–Trinajstić information content (AvgIpc) is 2.42. The predicted molar refractivity (Wildman–Crippen MR) is 82.9 cm³/mol. The van der Waals surface area contributed by atoms with Gasteiger partial charge in [0.05, 0.1) is 21.6 Å². The van der Waals surface area contributed by atoms with Crippen LogP contribution in [0.3, 0.4) is 0 Å². The normalized spacial score (nSPS) is 10.7. The van der Waals surface area contributed by atoms with Gasteiger partial charge in [0.25, 0.3) is 5.69 Å². The maximum Gasteiger partial charge on any atom is 0.348 e. The number of rotatable bonds is 3. The second-order valence-corrected chi connectivity index (χ2v) is 5.72. The minimum atomic E-state index is -0.516. The van der Waals surface area contributed by atoms with Gasteiger partial charge in [0, 0.05) is 22.3 Å². The fourth-order valence-electron chi connectivity index (χ4n) is 1.97. The van der Waals surface area contributed by atoms with Gasteiger partial charge in [-0.1, -0.05) is 11.6 Å². The summed E-state index contributed by atoms with van der Waals surface area (Å²) in [4.78, 5) is 26.5. The molecule has 1 aromatic carbocycles. The number of nitro benzene ring substituents is 1. The monoisotopic (exact) mass is 371 g/mol. The Morgan fingerprint density at radius 1 is 1.43 bits per heavy atom. The zero-order valence-corrected chi connectivity index (χ0v) is 13.6. The number of nitrogens with zero attached hydrogens (tertiary/aromatic N) is 3. The summed E-state index contributed by atoms with van der Waals surface area (Å²) >= 11 is 9.14. The van der Waals surface area contributed by atoms with Crippen LogP contribution in [0.5, 0.6) is 0 Å². The molecule has 8 heteroatoms. The zero-order chi connectivity index (χ0) is 15.7. The van der Waals surface area contributed by atoms with Gasteiger partial charge in [0.2, 0.25) is 0 Å². The highest BCUT2D eigenvalue weighted by Gasteiger charge is 2.17. The highest BCUT2D eigenvalue weighted by molar-refractivity contribution is 9.10. The van der Waals surface area contributed by atoms with Crippen molar-refractivity contribution in [1.29, 1.82) is 0 Å². The molecule has 0 unspecified atom stereocenters. The molecule has 2 aromatic rings. The molecule has 110 valence electrons. The first-order valence-corrected chi connectivity index (χ1v) is 7.14. The molecule has 1 heterocycles. The van der Waals surface area contributed by atoms with E-state index in [4.69, 9.17) is 11.6 Å². The van der Waals surface area contributed by atoms with E-state index in [9.17, 15) is 14.9 Å². The van der Waals surface area contributed by atoms with Gasteiger partial charge in [-0.05, 0) is 41.9 Å². The van der Waals surface area contributed by atoms with Crippen LogP contribution in [0.25, 0.3) is 0 Å². The maximum atomic E-state index is 12.0. The molecule has 0 saturated heterocycles. The van der Waals surface area contributed by atoms with Crippen LogP contribution in [-0.4, -0.2) is 14.5 Å². The van der Waals surface area contributed by atoms with Gasteiger partial charge in [-0.2, -0.15) is 4.98 Å². The number of benzene rings is 1. The summed E-state index contributed by atoms with van der Waals surface area (Å²) in [7, 11) is 0.